The minimum Gasteiger partial charge on any atom is -0.495 e. The second kappa shape index (κ2) is 5.19. The molecule has 1 aromatic rings. The van der Waals surface area contributed by atoms with Crippen LogP contribution in [0.5, 0.6) is 5.75 Å². The number of nitrogens with zero attached hydrogens (tertiary/aromatic N) is 1. The van der Waals surface area contributed by atoms with Crippen molar-refractivity contribution in [2.24, 2.45) is 11.3 Å². The van der Waals surface area contributed by atoms with E-state index >= 15 is 0 Å². The molecule has 100 valence electrons. The van der Waals surface area contributed by atoms with Crippen molar-refractivity contribution in [2.45, 2.75) is 20.3 Å². The van der Waals surface area contributed by atoms with Crippen molar-refractivity contribution in [3.05, 3.63) is 24.3 Å². The first-order valence-electron chi connectivity index (χ1n) is 6.57. The predicted molar refractivity (Wildman–Crippen MR) is 74.2 cm³/mol. The van der Waals surface area contributed by atoms with E-state index in [-0.39, 0.29) is 12.0 Å². The lowest BCUT2D eigenvalue weighted by molar-refractivity contribution is 0.0965. The molecule has 0 saturated carbocycles. The van der Waals surface area contributed by atoms with Crippen LogP contribution >= 0.6 is 0 Å². The molecule has 18 heavy (non-hydrogen) atoms. The molecule has 0 bridgehead atoms. The van der Waals surface area contributed by atoms with E-state index in [9.17, 15) is 5.11 Å². The smallest absolute Gasteiger partial charge is 0.142 e. The first-order valence-corrected chi connectivity index (χ1v) is 6.57. The molecule has 0 aliphatic carbocycles. The summed E-state index contributed by atoms with van der Waals surface area (Å²) in [5.74, 6) is 1.23. The Morgan fingerprint density at radius 1 is 1.39 bits per heavy atom. The van der Waals surface area contributed by atoms with Gasteiger partial charge in [0.15, 0.2) is 0 Å². The summed E-state index contributed by atoms with van der Waals surface area (Å²) in [6, 6.07) is 8.10. The highest BCUT2D eigenvalue weighted by atomic mass is 16.5. The fourth-order valence-corrected chi connectivity index (χ4v) is 2.65. The van der Waals surface area contributed by atoms with Crippen LogP contribution in [0.2, 0.25) is 0 Å². The molecule has 3 heteroatoms. The van der Waals surface area contributed by atoms with Gasteiger partial charge in [-0.2, -0.15) is 0 Å². The molecule has 3 nitrogen and oxygen atoms in total. The summed E-state index contributed by atoms with van der Waals surface area (Å²) < 4.78 is 5.42. The number of rotatable bonds is 3. The molecule has 1 unspecified atom stereocenters. The number of anilines is 1. The van der Waals surface area contributed by atoms with Crippen LogP contribution in [0.4, 0.5) is 5.69 Å². The minimum absolute atomic E-state index is 0.216. The van der Waals surface area contributed by atoms with Gasteiger partial charge in [0, 0.05) is 25.6 Å². The molecule has 1 fully saturated rings. The zero-order valence-corrected chi connectivity index (χ0v) is 11.5. The summed E-state index contributed by atoms with van der Waals surface area (Å²) in [4.78, 5) is 2.32. The van der Waals surface area contributed by atoms with Crippen LogP contribution in [0, 0.1) is 11.3 Å². The highest BCUT2D eigenvalue weighted by molar-refractivity contribution is 5.58. The molecule has 1 saturated heterocycles. The molecule has 1 atom stereocenters. The summed E-state index contributed by atoms with van der Waals surface area (Å²) in [5.41, 5.74) is 1.35. The topological polar surface area (TPSA) is 32.7 Å². The number of hydrogen-bond acceptors (Lipinski definition) is 3. The first-order chi connectivity index (χ1) is 8.58. The zero-order chi connectivity index (χ0) is 13.2. The summed E-state index contributed by atoms with van der Waals surface area (Å²) in [7, 11) is 1.70. The van der Waals surface area contributed by atoms with E-state index in [2.05, 4.69) is 24.8 Å². The molecular formula is C15H23NO2. The summed E-state index contributed by atoms with van der Waals surface area (Å²) in [6.07, 6.45) is 1.09. The van der Waals surface area contributed by atoms with Gasteiger partial charge in [0.2, 0.25) is 0 Å². The van der Waals surface area contributed by atoms with Crippen molar-refractivity contribution >= 4 is 5.69 Å². The van der Waals surface area contributed by atoms with Crippen LogP contribution in [0.15, 0.2) is 24.3 Å². The highest BCUT2D eigenvalue weighted by Gasteiger charge is 2.35. The predicted octanol–water partition coefficient (Wildman–Crippen LogP) is 2.54. The second-order valence-electron chi connectivity index (χ2n) is 5.74. The highest BCUT2D eigenvalue weighted by Crippen LogP contribution is 2.39. The van der Waals surface area contributed by atoms with E-state index in [1.807, 2.05) is 18.2 Å². The normalized spacial score (nSPS) is 22.9. The van der Waals surface area contributed by atoms with Crippen molar-refractivity contribution < 1.29 is 9.84 Å². The van der Waals surface area contributed by atoms with E-state index in [0.29, 0.717) is 5.92 Å². The van der Waals surface area contributed by atoms with Crippen LogP contribution in [-0.4, -0.2) is 31.9 Å². The Morgan fingerprint density at radius 2 is 2.11 bits per heavy atom. The molecule has 0 amide bonds. The number of ether oxygens (including phenoxy) is 1. The maximum Gasteiger partial charge on any atom is 0.142 e. The molecule has 1 heterocycles. The van der Waals surface area contributed by atoms with Crippen LogP contribution in [-0.2, 0) is 0 Å². The molecule has 2 rings (SSSR count). The number of methoxy groups -OCH3 is 1. The van der Waals surface area contributed by atoms with Gasteiger partial charge >= 0.3 is 0 Å². The van der Waals surface area contributed by atoms with Crippen molar-refractivity contribution in [2.75, 3.05) is 31.7 Å². The van der Waals surface area contributed by atoms with Gasteiger partial charge in [-0.05, 0) is 24.0 Å². The lowest BCUT2D eigenvalue weighted by Crippen LogP contribution is -2.46. The third kappa shape index (κ3) is 2.46. The number of para-hydroxylation sites is 2. The maximum atomic E-state index is 9.56. The Balaban J connectivity index is 2.20. The summed E-state index contributed by atoms with van der Waals surface area (Å²) in [5, 5.41) is 9.56. The van der Waals surface area contributed by atoms with Crippen molar-refractivity contribution in [3.8, 4) is 5.75 Å². The maximum absolute atomic E-state index is 9.56. The zero-order valence-electron chi connectivity index (χ0n) is 11.5. The molecule has 1 N–H and O–H groups in total. The van der Waals surface area contributed by atoms with Crippen molar-refractivity contribution in [1.82, 2.24) is 0 Å². The number of aliphatic hydroxyl groups is 1. The molecule has 1 aliphatic heterocycles. The molecule has 0 radical (unpaired) electrons. The molecule has 1 aromatic carbocycles. The van der Waals surface area contributed by atoms with Gasteiger partial charge < -0.3 is 14.7 Å². The van der Waals surface area contributed by atoms with E-state index in [0.717, 1.165) is 30.9 Å². The fourth-order valence-electron chi connectivity index (χ4n) is 2.65. The van der Waals surface area contributed by atoms with E-state index in [1.165, 1.54) is 0 Å². The van der Waals surface area contributed by atoms with E-state index < -0.39 is 0 Å². The monoisotopic (exact) mass is 249 g/mol. The van der Waals surface area contributed by atoms with E-state index in [4.69, 9.17) is 4.74 Å². The van der Waals surface area contributed by atoms with E-state index in [1.54, 1.807) is 7.11 Å². The standard InChI is InChI=1S/C15H23NO2/c1-15(2)8-9-16(10-12(15)11-17)13-6-4-5-7-14(13)18-3/h4-7,12,17H,8-11H2,1-3H3. The van der Waals surface area contributed by atoms with Gasteiger partial charge in [-0.3, -0.25) is 0 Å². The van der Waals surface area contributed by atoms with Gasteiger partial charge in [-0.25, -0.2) is 0 Å². The number of hydrogen-bond donors (Lipinski definition) is 1. The minimum atomic E-state index is 0.216. The summed E-state index contributed by atoms with van der Waals surface area (Å²) >= 11 is 0. The Morgan fingerprint density at radius 3 is 2.78 bits per heavy atom. The Labute approximate surface area is 109 Å². The average molecular weight is 249 g/mol. The number of benzene rings is 1. The van der Waals surface area contributed by atoms with Gasteiger partial charge in [-0.15, -0.1) is 0 Å². The third-order valence-corrected chi connectivity index (χ3v) is 4.22. The molecule has 0 spiro atoms. The molecular weight excluding hydrogens is 226 g/mol. The number of piperidine rings is 1. The van der Waals surface area contributed by atoms with Crippen molar-refractivity contribution in [1.29, 1.82) is 0 Å². The third-order valence-electron chi connectivity index (χ3n) is 4.22. The van der Waals surface area contributed by atoms with Crippen LogP contribution < -0.4 is 9.64 Å². The van der Waals surface area contributed by atoms with Crippen molar-refractivity contribution in [3.63, 3.8) is 0 Å². The van der Waals surface area contributed by atoms with Crippen LogP contribution in [0.1, 0.15) is 20.3 Å². The van der Waals surface area contributed by atoms with Gasteiger partial charge in [0.05, 0.1) is 12.8 Å². The Bertz CT molecular complexity index is 403. The molecule has 0 aromatic heterocycles. The molecule has 1 aliphatic rings. The van der Waals surface area contributed by atoms with Gasteiger partial charge in [0.25, 0.3) is 0 Å². The second-order valence-corrected chi connectivity index (χ2v) is 5.74. The Kier molecular flexibility index (Phi) is 3.81. The average Bonchev–Trinajstić information content (AvgIpc) is 2.38. The van der Waals surface area contributed by atoms with Gasteiger partial charge in [-0.1, -0.05) is 26.0 Å². The lowest BCUT2D eigenvalue weighted by Gasteiger charge is -2.44. The lowest BCUT2D eigenvalue weighted by atomic mass is 9.73. The van der Waals surface area contributed by atoms with Crippen LogP contribution in [0.25, 0.3) is 0 Å². The van der Waals surface area contributed by atoms with Gasteiger partial charge in [0.1, 0.15) is 5.75 Å². The largest absolute Gasteiger partial charge is 0.495 e. The fraction of sp³-hybridized carbons (Fsp3) is 0.600. The SMILES string of the molecule is COc1ccccc1N1CCC(C)(C)C(CO)C1. The Hall–Kier alpha value is -1.22. The number of aliphatic hydroxyl groups excluding tert-OH is 1. The summed E-state index contributed by atoms with van der Waals surface area (Å²) in [6.45, 7) is 6.65. The first kappa shape index (κ1) is 13.2. The quantitative estimate of drug-likeness (QED) is 0.893. The van der Waals surface area contributed by atoms with Crippen LogP contribution in [0.3, 0.4) is 0 Å².